The highest BCUT2D eigenvalue weighted by Crippen LogP contribution is 2.41. The molecule has 2 saturated heterocycles. The van der Waals surface area contributed by atoms with E-state index in [4.69, 9.17) is 19.6 Å². The monoisotopic (exact) mass is 327 g/mol. The molecule has 0 spiro atoms. The van der Waals surface area contributed by atoms with Crippen molar-refractivity contribution in [2.24, 2.45) is 5.92 Å². The maximum atomic E-state index is 11.9. The van der Waals surface area contributed by atoms with E-state index in [1.54, 1.807) is 0 Å². The fourth-order valence-corrected chi connectivity index (χ4v) is 2.73. The van der Waals surface area contributed by atoms with Crippen LogP contribution >= 0.6 is 7.82 Å². The number of aliphatic hydroxyl groups excluding tert-OH is 3. The molecule has 2 fully saturated rings. The summed E-state index contributed by atoms with van der Waals surface area (Å²) in [7, 11) is -5.10. The molecule has 21 heavy (non-hydrogen) atoms. The fraction of sp³-hybridized carbons (Fsp3) is 0.778. The minimum Gasteiger partial charge on any atom is -0.394 e. The number of aliphatic hydroxyl groups is 3. The number of nitrogens with zero attached hydrogens (tertiary/aromatic N) is 1. The molecule has 0 aromatic rings. The minimum atomic E-state index is -5.10. The Hall–Kier alpha value is -0.910. The van der Waals surface area contributed by atoms with Gasteiger partial charge in [-0.05, 0) is 0 Å². The molecule has 0 bridgehead atoms. The quantitative estimate of drug-likeness (QED) is 0.262. The van der Waals surface area contributed by atoms with Crippen LogP contribution in [-0.2, 0) is 23.5 Å². The maximum absolute atomic E-state index is 11.9. The zero-order valence-electron chi connectivity index (χ0n) is 10.5. The molecule has 2 amide bonds. The molecule has 5 atom stereocenters. The number of ether oxygens (including phenoxy) is 1. The van der Waals surface area contributed by atoms with Gasteiger partial charge in [0, 0.05) is 6.42 Å². The van der Waals surface area contributed by atoms with E-state index >= 15 is 0 Å². The summed E-state index contributed by atoms with van der Waals surface area (Å²) in [6, 6.07) is 0. The van der Waals surface area contributed by atoms with Crippen LogP contribution in [0.5, 0.6) is 0 Å². The van der Waals surface area contributed by atoms with E-state index in [0.29, 0.717) is 0 Å². The fourth-order valence-electron chi connectivity index (χ4n) is 2.34. The van der Waals surface area contributed by atoms with E-state index in [-0.39, 0.29) is 5.06 Å². The van der Waals surface area contributed by atoms with E-state index in [1.165, 1.54) is 0 Å². The van der Waals surface area contributed by atoms with Crippen molar-refractivity contribution in [1.29, 1.82) is 0 Å². The topological polar surface area (TPSA) is 174 Å². The summed E-state index contributed by atoms with van der Waals surface area (Å²) in [4.78, 5) is 40.7. The summed E-state index contributed by atoms with van der Waals surface area (Å²) in [6.45, 7) is -0.605. The van der Waals surface area contributed by atoms with Crippen LogP contribution < -0.4 is 0 Å². The van der Waals surface area contributed by atoms with Crippen molar-refractivity contribution in [3.05, 3.63) is 0 Å². The zero-order chi connectivity index (χ0) is 15.9. The summed E-state index contributed by atoms with van der Waals surface area (Å²) in [5.41, 5.74) is 0. The lowest BCUT2D eigenvalue weighted by Gasteiger charge is -2.20. The van der Waals surface area contributed by atoms with Crippen LogP contribution in [0.15, 0.2) is 0 Å². The number of rotatable bonds is 4. The Labute approximate surface area is 117 Å². The molecule has 0 aliphatic carbocycles. The summed E-state index contributed by atoms with van der Waals surface area (Å²) >= 11 is 0. The Kier molecular flexibility index (Phi) is 4.47. The van der Waals surface area contributed by atoms with Gasteiger partial charge in [-0.3, -0.25) is 9.59 Å². The summed E-state index contributed by atoms with van der Waals surface area (Å²) < 4.78 is 19.8. The number of carbonyl (C=O) groups excluding carboxylic acids is 2. The highest BCUT2D eigenvalue weighted by Gasteiger charge is 2.54. The highest BCUT2D eigenvalue weighted by atomic mass is 31.2. The van der Waals surface area contributed by atoms with Gasteiger partial charge in [0.15, 0.2) is 0 Å². The average molecular weight is 327 g/mol. The van der Waals surface area contributed by atoms with Gasteiger partial charge >= 0.3 is 7.82 Å². The molecule has 12 heteroatoms. The van der Waals surface area contributed by atoms with Crippen LogP contribution in [0, 0.1) is 5.92 Å². The van der Waals surface area contributed by atoms with Gasteiger partial charge in [0.2, 0.25) is 0 Å². The van der Waals surface area contributed by atoms with E-state index in [1.807, 2.05) is 0 Å². The number of carbonyl (C=O) groups is 2. The lowest BCUT2D eigenvalue weighted by atomic mass is 9.95. The van der Waals surface area contributed by atoms with E-state index < -0.39 is 63.0 Å². The third kappa shape index (κ3) is 3.15. The molecule has 2 aliphatic rings. The molecule has 0 radical (unpaired) electrons. The van der Waals surface area contributed by atoms with Gasteiger partial charge in [0.1, 0.15) is 18.3 Å². The van der Waals surface area contributed by atoms with Gasteiger partial charge in [-0.2, -0.15) is 4.62 Å². The highest BCUT2D eigenvalue weighted by molar-refractivity contribution is 7.46. The van der Waals surface area contributed by atoms with E-state index in [2.05, 4.69) is 4.62 Å². The molecule has 0 aromatic heterocycles. The average Bonchev–Trinajstić information content (AvgIpc) is 2.81. The Morgan fingerprint density at radius 1 is 1.29 bits per heavy atom. The Bertz CT molecular complexity index is 491. The Morgan fingerprint density at radius 2 is 1.90 bits per heavy atom. The van der Waals surface area contributed by atoms with Crippen molar-refractivity contribution in [2.75, 3.05) is 6.61 Å². The number of amides is 2. The first-order valence-corrected chi connectivity index (χ1v) is 7.43. The van der Waals surface area contributed by atoms with Crippen LogP contribution in [0.1, 0.15) is 6.42 Å². The lowest BCUT2D eigenvalue weighted by molar-refractivity contribution is -0.171. The van der Waals surface area contributed by atoms with Gasteiger partial charge in [0.05, 0.1) is 18.6 Å². The van der Waals surface area contributed by atoms with Gasteiger partial charge < -0.3 is 29.8 Å². The standard InChI is InChI=1S/C9H14NO10P/c11-2-4-6(13)7(14)8(19-4)3-1-5(12)10(9(3)15)20-21(16,17)18/h3-4,6-8,11,13-14H,1-2H2,(H2,16,17,18)/t3?,4-,6-,7-,8?/m1/s1. The number of hydrogen-bond acceptors (Lipinski definition) is 8. The number of hydroxylamine groups is 2. The summed E-state index contributed by atoms with van der Waals surface area (Å²) in [5, 5.41) is 28.3. The van der Waals surface area contributed by atoms with Crippen LogP contribution in [0.2, 0.25) is 0 Å². The number of hydrogen-bond donors (Lipinski definition) is 5. The second kappa shape index (κ2) is 5.71. The molecule has 2 unspecified atom stereocenters. The van der Waals surface area contributed by atoms with Crippen molar-refractivity contribution < 1.29 is 48.6 Å². The zero-order valence-corrected chi connectivity index (χ0v) is 11.4. The third-order valence-corrected chi connectivity index (χ3v) is 3.68. The lowest BCUT2D eigenvalue weighted by Crippen LogP contribution is -2.40. The third-order valence-electron chi connectivity index (χ3n) is 3.30. The van der Waals surface area contributed by atoms with Crippen LogP contribution in [0.4, 0.5) is 0 Å². The molecular formula is C9H14NO10P. The molecular weight excluding hydrogens is 313 g/mol. The van der Waals surface area contributed by atoms with Gasteiger partial charge in [0.25, 0.3) is 11.8 Å². The number of imide groups is 1. The summed E-state index contributed by atoms with van der Waals surface area (Å²) in [5.74, 6) is -3.38. The molecule has 5 N–H and O–H groups in total. The van der Waals surface area contributed by atoms with Crippen LogP contribution in [0.3, 0.4) is 0 Å². The minimum absolute atomic E-state index is 0.0693. The number of phosphoric acid groups is 1. The predicted octanol–water partition coefficient (Wildman–Crippen LogP) is -3.13. The maximum Gasteiger partial charge on any atom is 0.491 e. The van der Waals surface area contributed by atoms with Gasteiger partial charge in [-0.15, -0.1) is 5.06 Å². The molecule has 0 aromatic carbocycles. The normalized spacial score (nSPS) is 37.6. The Balaban J connectivity index is 2.14. The molecule has 2 aliphatic heterocycles. The van der Waals surface area contributed by atoms with Crippen LogP contribution in [0.25, 0.3) is 0 Å². The van der Waals surface area contributed by atoms with Crippen molar-refractivity contribution >= 4 is 19.6 Å². The predicted molar refractivity (Wildman–Crippen MR) is 60.8 cm³/mol. The van der Waals surface area contributed by atoms with Crippen LogP contribution in [-0.4, -0.2) is 73.0 Å². The molecule has 120 valence electrons. The first-order chi connectivity index (χ1) is 9.65. The van der Waals surface area contributed by atoms with Crippen molar-refractivity contribution in [2.45, 2.75) is 30.8 Å². The summed E-state index contributed by atoms with van der Waals surface area (Å²) in [6.07, 6.45) is -5.90. The van der Waals surface area contributed by atoms with Crippen molar-refractivity contribution in [3.8, 4) is 0 Å². The molecule has 11 nitrogen and oxygen atoms in total. The smallest absolute Gasteiger partial charge is 0.394 e. The molecule has 2 heterocycles. The first kappa shape index (κ1) is 16.5. The van der Waals surface area contributed by atoms with E-state index in [0.717, 1.165) is 0 Å². The molecule has 0 saturated carbocycles. The molecule has 2 rings (SSSR count). The van der Waals surface area contributed by atoms with Crippen molar-refractivity contribution in [1.82, 2.24) is 5.06 Å². The van der Waals surface area contributed by atoms with E-state index in [9.17, 15) is 24.4 Å². The Morgan fingerprint density at radius 3 is 2.38 bits per heavy atom. The first-order valence-electron chi connectivity index (χ1n) is 5.90. The largest absolute Gasteiger partial charge is 0.491 e. The second-order valence-corrected chi connectivity index (χ2v) is 5.86. The SMILES string of the molecule is O=C1CC(C2O[C@H](CO)[C@@H](O)[C@H]2O)C(=O)N1OP(=O)(O)O. The van der Waals surface area contributed by atoms with Crippen molar-refractivity contribution in [3.63, 3.8) is 0 Å². The van der Waals surface area contributed by atoms with Gasteiger partial charge in [-0.1, -0.05) is 0 Å². The second-order valence-electron chi connectivity index (χ2n) is 4.71. The van der Waals surface area contributed by atoms with Gasteiger partial charge in [-0.25, -0.2) is 4.57 Å².